The van der Waals surface area contributed by atoms with Crippen molar-refractivity contribution >= 4 is 35.6 Å². The number of ether oxygens (including phenoxy) is 2. The van der Waals surface area contributed by atoms with E-state index in [1.54, 1.807) is 14.2 Å². The number of rotatable bonds is 7. The van der Waals surface area contributed by atoms with Crippen molar-refractivity contribution < 1.29 is 9.47 Å². The molecular weight excluding hydrogens is 443 g/mol. The minimum atomic E-state index is 0. The Morgan fingerprint density at radius 2 is 1.77 bits per heavy atom. The first-order valence-corrected chi connectivity index (χ1v) is 9.15. The second-order valence-electron chi connectivity index (χ2n) is 6.33. The molecule has 0 bridgehead atoms. The Labute approximate surface area is 174 Å². The second kappa shape index (κ2) is 12.1. The number of hydrogen-bond donors (Lipinski definition) is 2. The molecule has 1 aromatic carbocycles. The highest BCUT2D eigenvalue weighted by atomic mass is 127. The smallest absolute Gasteiger partial charge is 0.191 e. The Bertz CT molecular complexity index is 538. The molecule has 0 aromatic heterocycles. The van der Waals surface area contributed by atoms with Gasteiger partial charge in [-0.15, -0.1) is 24.0 Å². The SMILES string of the molecule is CCCCNC(=NC)NC1CCN(c2cc(OC)cc(OC)c2)CC1.I. The van der Waals surface area contributed by atoms with Crippen LogP contribution in [0.3, 0.4) is 0 Å². The molecule has 2 rings (SSSR count). The zero-order valence-electron chi connectivity index (χ0n) is 16.4. The number of piperidine rings is 1. The molecule has 1 aromatic rings. The van der Waals surface area contributed by atoms with Gasteiger partial charge in [-0.3, -0.25) is 4.99 Å². The topological polar surface area (TPSA) is 58.1 Å². The Morgan fingerprint density at radius 3 is 2.27 bits per heavy atom. The molecule has 148 valence electrons. The van der Waals surface area contributed by atoms with Crippen molar-refractivity contribution in [2.24, 2.45) is 4.99 Å². The number of aliphatic imine (C=N–C) groups is 1. The maximum atomic E-state index is 5.38. The molecule has 0 saturated carbocycles. The van der Waals surface area contributed by atoms with Crippen LogP contribution in [-0.4, -0.2) is 52.9 Å². The van der Waals surface area contributed by atoms with Crippen LogP contribution >= 0.6 is 24.0 Å². The lowest BCUT2D eigenvalue weighted by molar-refractivity contribution is 0.393. The van der Waals surface area contributed by atoms with Crippen LogP contribution in [0.5, 0.6) is 11.5 Å². The van der Waals surface area contributed by atoms with E-state index in [-0.39, 0.29) is 24.0 Å². The summed E-state index contributed by atoms with van der Waals surface area (Å²) in [7, 11) is 5.21. The van der Waals surface area contributed by atoms with Crippen molar-refractivity contribution in [1.29, 1.82) is 0 Å². The average Bonchev–Trinajstić information content (AvgIpc) is 2.67. The molecule has 0 spiro atoms. The second-order valence-corrected chi connectivity index (χ2v) is 6.33. The molecule has 0 aliphatic carbocycles. The van der Waals surface area contributed by atoms with E-state index in [0.717, 1.165) is 62.0 Å². The molecule has 1 saturated heterocycles. The fourth-order valence-electron chi connectivity index (χ4n) is 3.03. The van der Waals surface area contributed by atoms with E-state index in [1.807, 2.05) is 13.1 Å². The first kappa shape index (κ1) is 22.7. The van der Waals surface area contributed by atoms with E-state index in [4.69, 9.17) is 9.47 Å². The van der Waals surface area contributed by atoms with Crippen LogP contribution in [0.25, 0.3) is 0 Å². The lowest BCUT2D eigenvalue weighted by Gasteiger charge is -2.34. The van der Waals surface area contributed by atoms with Gasteiger partial charge in [0.1, 0.15) is 11.5 Å². The summed E-state index contributed by atoms with van der Waals surface area (Å²) in [5.41, 5.74) is 1.15. The van der Waals surface area contributed by atoms with Crippen molar-refractivity contribution in [1.82, 2.24) is 10.6 Å². The fourth-order valence-corrected chi connectivity index (χ4v) is 3.03. The van der Waals surface area contributed by atoms with E-state index in [1.165, 1.54) is 6.42 Å². The van der Waals surface area contributed by atoms with Crippen LogP contribution in [0.1, 0.15) is 32.6 Å². The number of hydrogen-bond acceptors (Lipinski definition) is 4. The molecule has 6 nitrogen and oxygen atoms in total. The predicted molar refractivity (Wildman–Crippen MR) is 120 cm³/mol. The first-order valence-electron chi connectivity index (χ1n) is 9.15. The molecule has 2 N–H and O–H groups in total. The van der Waals surface area contributed by atoms with E-state index >= 15 is 0 Å². The number of nitrogens with zero attached hydrogens (tertiary/aromatic N) is 2. The molecule has 1 aliphatic rings. The molecule has 1 heterocycles. The lowest BCUT2D eigenvalue weighted by Crippen LogP contribution is -2.48. The lowest BCUT2D eigenvalue weighted by atomic mass is 10.0. The van der Waals surface area contributed by atoms with Crippen molar-refractivity contribution in [3.63, 3.8) is 0 Å². The Hall–Kier alpha value is -1.38. The zero-order valence-corrected chi connectivity index (χ0v) is 18.7. The van der Waals surface area contributed by atoms with Crippen LogP contribution in [0.15, 0.2) is 23.2 Å². The van der Waals surface area contributed by atoms with E-state index in [2.05, 4.69) is 39.6 Å². The number of benzene rings is 1. The third-order valence-electron chi connectivity index (χ3n) is 4.58. The Kier molecular flexibility index (Phi) is 10.5. The van der Waals surface area contributed by atoms with E-state index in [0.29, 0.717) is 6.04 Å². The maximum absolute atomic E-state index is 5.38. The van der Waals surface area contributed by atoms with Crippen molar-refractivity contribution in [3.05, 3.63) is 18.2 Å². The van der Waals surface area contributed by atoms with Crippen molar-refractivity contribution in [3.8, 4) is 11.5 Å². The summed E-state index contributed by atoms with van der Waals surface area (Å²) in [5.74, 6) is 2.57. The normalized spacial score (nSPS) is 15.2. The number of anilines is 1. The maximum Gasteiger partial charge on any atom is 0.191 e. The van der Waals surface area contributed by atoms with Gasteiger partial charge in [0.2, 0.25) is 0 Å². The largest absolute Gasteiger partial charge is 0.497 e. The highest BCUT2D eigenvalue weighted by molar-refractivity contribution is 14.0. The zero-order chi connectivity index (χ0) is 18.1. The van der Waals surface area contributed by atoms with Crippen LogP contribution in [-0.2, 0) is 0 Å². The molecule has 0 unspecified atom stereocenters. The minimum Gasteiger partial charge on any atom is -0.497 e. The molecule has 0 amide bonds. The monoisotopic (exact) mass is 476 g/mol. The minimum absolute atomic E-state index is 0. The van der Waals surface area contributed by atoms with Gasteiger partial charge in [-0.05, 0) is 19.3 Å². The fraction of sp³-hybridized carbons (Fsp3) is 0.632. The molecule has 26 heavy (non-hydrogen) atoms. The van der Waals surface area contributed by atoms with Gasteiger partial charge < -0.3 is 25.0 Å². The van der Waals surface area contributed by atoms with Gasteiger partial charge >= 0.3 is 0 Å². The number of guanidine groups is 1. The van der Waals surface area contributed by atoms with Gasteiger partial charge in [0.05, 0.1) is 14.2 Å². The first-order chi connectivity index (χ1) is 12.2. The van der Waals surface area contributed by atoms with Crippen LogP contribution < -0.4 is 25.0 Å². The number of unbranched alkanes of at least 4 members (excludes halogenated alkanes) is 1. The highest BCUT2D eigenvalue weighted by Gasteiger charge is 2.21. The van der Waals surface area contributed by atoms with Gasteiger partial charge in [0.25, 0.3) is 0 Å². The van der Waals surface area contributed by atoms with E-state index in [9.17, 15) is 0 Å². The summed E-state index contributed by atoms with van der Waals surface area (Å²) in [5, 5.41) is 6.93. The van der Waals surface area contributed by atoms with Crippen molar-refractivity contribution in [2.45, 2.75) is 38.6 Å². The van der Waals surface area contributed by atoms with Crippen molar-refractivity contribution in [2.75, 3.05) is 45.8 Å². The van der Waals surface area contributed by atoms with Gasteiger partial charge in [-0.1, -0.05) is 13.3 Å². The van der Waals surface area contributed by atoms with Crippen LogP contribution in [0, 0.1) is 0 Å². The van der Waals surface area contributed by atoms with E-state index < -0.39 is 0 Å². The predicted octanol–water partition coefficient (Wildman–Crippen LogP) is 3.26. The summed E-state index contributed by atoms with van der Waals surface area (Å²) >= 11 is 0. The standard InChI is InChI=1S/C19H32N4O2.HI/c1-5-6-9-21-19(20-2)22-15-7-10-23(11-8-15)16-12-17(24-3)14-18(13-16)25-4;/h12-15H,5-11H2,1-4H3,(H2,20,21,22);1H. The quantitative estimate of drug-likeness (QED) is 0.274. The van der Waals surface area contributed by atoms with Gasteiger partial charge in [-0.2, -0.15) is 0 Å². The summed E-state index contributed by atoms with van der Waals surface area (Å²) in [4.78, 5) is 6.71. The summed E-state index contributed by atoms with van der Waals surface area (Å²) in [6, 6.07) is 6.50. The molecule has 1 fully saturated rings. The summed E-state index contributed by atoms with van der Waals surface area (Å²) in [6.45, 7) is 5.17. The molecule has 0 atom stereocenters. The molecule has 1 aliphatic heterocycles. The van der Waals surface area contributed by atoms with Crippen LogP contribution in [0.2, 0.25) is 0 Å². The number of methoxy groups -OCH3 is 2. The molecule has 7 heteroatoms. The summed E-state index contributed by atoms with van der Waals surface area (Å²) < 4.78 is 10.8. The number of nitrogens with one attached hydrogen (secondary N) is 2. The van der Waals surface area contributed by atoms with Gasteiger partial charge in [0, 0.05) is 56.6 Å². The third kappa shape index (κ3) is 6.74. The third-order valence-corrected chi connectivity index (χ3v) is 4.58. The highest BCUT2D eigenvalue weighted by Crippen LogP contribution is 2.30. The van der Waals surface area contributed by atoms with Gasteiger partial charge in [0.15, 0.2) is 5.96 Å². The molecular formula is C19H33IN4O2. The Morgan fingerprint density at radius 1 is 1.15 bits per heavy atom. The average molecular weight is 476 g/mol. The van der Waals surface area contributed by atoms with Gasteiger partial charge in [-0.25, -0.2) is 0 Å². The summed E-state index contributed by atoms with van der Waals surface area (Å²) in [6.07, 6.45) is 4.51. The van der Waals surface area contributed by atoms with Crippen LogP contribution in [0.4, 0.5) is 5.69 Å². The Balaban J connectivity index is 0.00000338. The number of halogens is 1. The molecule has 0 radical (unpaired) electrons.